The van der Waals surface area contributed by atoms with Gasteiger partial charge in [-0.05, 0) is 24.5 Å². The highest BCUT2D eigenvalue weighted by Gasteiger charge is 2.12. The second-order valence-electron chi connectivity index (χ2n) is 3.80. The minimum absolute atomic E-state index is 0.0814. The van der Waals surface area contributed by atoms with Crippen LogP contribution in [0, 0.1) is 5.92 Å². The zero-order valence-corrected chi connectivity index (χ0v) is 11.6. The molecule has 0 aliphatic carbocycles. The van der Waals surface area contributed by atoms with E-state index in [9.17, 15) is 5.11 Å². The highest BCUT2D eigenvalue weighted by atomic mass is 16.7. The lowest BCUT2D eigenvalue weighted by molar-refractivity contribution is 0.0500. The first kappa shape index (κ1) is 16.7. The van der Waals surface area contributed by atoms with E-state index < -0.39 is 0 Å². The molecule has 18 heavy (non-hydrogen) atoms. The molecular formula is C14H24O4. The Bertz CT molecular complexity index is 326. The van der Waals surface area contributed by atoms with E-state index in [1.807, 2.05) is 20.8 Å². The van der Waals surface area contributed by atoms with Gasteiger partial charge in [0.05, 0.1) is 0 Å². The van der Waals surface area contributed by atoms with E-state index in [0.717, 1.165) is 0 Å². The van der Waals surface area contributed by atoms with Crippen LogP contribution in [0.4, 0.5) is 0 Å². The van der Waals surface area contributed by atoms with Crippen LogP contribution in [0.1, 0.15) is 26.3 Å². The first-order valence-corrected chi connectivity index (χ1v) is 6.22. The number of phenolic OH excluding ortho intramolecular Hbond substituents is 1. The van der Waals surface area contributed by atoms with Crippen molar-refractivity contribution in [2.24, 2.45) is 5.92 Å². The lowest BCUT2D eigenvalue weighted by atomic mass is 10.0. The Morgan fingerprint density at radius 1 is 1.28 bits per heavy atom. The average molecular weight is 256 g/mol. The molecule has 0 spiro atoms. The van der Waals surface area contributed by atoms with Gasteiger partial charge in [-0.15, -0.1) is 0 Å². The number of methoxy groups -OCH3 is 1. The standard InChI is InChI=1S/C12H18O4.C2H6/c1-9(7-13)6-10-11(14)4-3-5-12(10)16-8-15-2;1-2/h3-5,9,13-14H,6-8H2,1-2H3;1-2H3. The molecule has 0 aliphatic heterocycles. The maximum Gasteiger partial charge on any atom is 0.188 e. The van der Waals surface area contributed by atoms with Gasteiger partial charge in [0.2, 0.25) is 0 Å². The van der Waals surface area contributed by atoms with Gasteiger partial charge in [-0.1, -0.05) is 26.8 Å². The van der Waals surface area contributed by atoms with Gasteiger partial charge in [-0.2, -0.15) is 0 Å². The lowest BCUT2D eigenvalue weighted by Crippen LogP contribution is -2.08. The summed E-state index contributed by atoms with van der Waals surface area (Å²) in [5.74, 6) is 0.870. The Hall–Kier alpha value is -1.26. The second kappa shape index (κ2) is 9.74. The van der Waals surface area contributed by atoms with Gasteiger partial charge in [0.1, 0.15) is 11.5 Å². The van der Waals surface area contributed by atoms with Gasteiger partial charge in [0, 0.05) is 19.3 Å². The highest BCUT2D eigenvalue weighted by Crippen LogP contribution is 2.29. The minimum atomic E-state index is 0.0814. The summed E-state index contributed by atoms with van der Waals surface area (Å²) < 4.78 is 10.2. The van der Waals surface area contributed by atoms with E-state index in [1.54, 1.807) is 25.3 Å². The molecule has 4 heteroatoms. The first-order valence-electron chi connectivity index (χ1n) is 6.22. The summed E-state index contributed by atoms with van der Waals surface area (Å²) in [5.41, 5.74) is 0.709. The van der Waals surface area contributed by atoms with Crippen LogP contribution < -0.4 is 4.74 Å². The number of aliphatic hydroxyl groups excluding tert-OH is 1. The normalized spacial score (nSPS) is 11.4. The van der Waals surface area contributed by atoms with Crippen molar-refractivity contribution in [3.8, 4) is 11.5 Å². The molecule has 0 amide bonds. The number of benzene rings is 1. The topological polar surface area (TPSA) is 58.9 Å². The largest absolute Gasteiger partial charge is 0.508 e. The van der Waals surface area contributed by atoms with E-state index in [2.05, 4.69) is 0 Å². The summed E-state index contributed by atoms with van der Waals surface area (Å²) in [6, 6.07) is 5.10. The van der Waals surface area contributed by atoms with Crippen LogP contribution in [0.2, 0.25) is 0 Å². The van der Waals surface area contributed by atoms with Crippen molar-refractivity contribution in [1.82, 2.24) is 0 Å². The summed E-state index contributed by atoms with van der Waals surface area (Å²) in [4.78, 5) is 0. The fourth-order valence-electron chi connectivity index (χ4n) is 1.43. The molecule has 0 saturated heterocycles. The number of phenols is 1. The van der Waals surface area contributed by atoms with Gasteiger partial charge >= 0.3 is 0 Å². The summed E-state index contributed by atoms with van der Waals surface area (Å²) in [6.07, 6.45) is 0.572. The molecule has 0 heterocycles. The third-order valence-corrected chi connectivity index (χ3v) is 2.30. The first-order chi connectivity index (χ1) is 8.69. The minimum Gasteiger partial charge on any atom is -0.508 e. The van der Waals surface area contributed by atoms with Gasteiger partial charge in [-0.3, -0.25) is 0 Å². The number of rotatable bonds is 6. The molecule has 2 N–H and O–H groups in total. The number of ether oxygens (including phenoxy) is 2. The quantitative estimate of drug-likeness (QED) is 0.768. The molecule has 1 rings (SSSR count). The summed E-state index contributed by atoms with van der Waals surface area (Å²) in [5, 5.41) is 18.7. The SMILES string of the molecule is CC.COCOc1cccc(O)c1CC(C)CO. The summed E-state index contributed by atoms with van der Waals surface area (Å²) >= 11 is 0. The van der Waals surface area contributed by atoms with E-state index in [4.69, 9.17) is 14.6 Å². The zero-order valence-electron chi connectivity index (χ0n) is 11.6. The van der Waals surface area contributed by atoms with Crippen molar-refractivity contribution in [3.05, 3.63) is 23.8 Å². The molecule has 104 valence electrons. The molecule has 1 atom stereocenters. The molecule has 1 unspecified atom stereocenters. The van der Waals surface area contributed by atoms with Crippen LogP contribution in [0.25, 0.3) is 0 Å². The molecule has 0 bridgehead atoms. The Morgan fingerprint density at radius 3 is 2.50 bits per heavy atom. The number of hydrogen-bond donors (Lipinski definition) is 2. The second-order valence-corrected chi connectivity index (χ2v) is 3.80. The van der Waals surface area contributed by atoms with Crippen LogP contribution in [0.15, 0.2) is 18.2 Å². The van der Waals surface area contributed by atoms with Crippen LogP contribution >= 0.6 is 0 Å². The van der Waals surface area contributed by atoms with Gasteiger partial charge < -0.3 is 19.7 Å². The van der Waals surface area contributed by atoms with Crippen LogP contribution in [0.5, 0.6) is 11.5 Å². The smallest absolute Gasteiger partial charge is 0.188 e. The maximum atomic E-state index is 9.73. The van der Waals surface area contributed by atoms with Crippen LogP contribution in [-0.2, 0) is 11.2 Å². The Balaban J connectivity index is 0.00000137. The maximum absolute atomic E-state index is 9.73. The zero-order chi connectivity index (χ0) is 14.0. The van der Waals surface area contributed by atoms with Crippen molar-refractivity contribution in [2.75, 3.05) is 20.5 Å². The van der Waals surface area contributed by atoms with E-state index >= 15 is 0 Å². The molecule has 1 aromatic carbocycles. The average Bonchev–Trinajstić information content (AvgIpc) is 2.41. The Labute approximate surface area is 109 Å². The molecule has 0 saturated carbocycles. The fourth-order valence-corrected chi connectivity index (χ4v) is 1.43. The molecule has 0 fully saturated rings. The predicted octanol–water partition coefficient (Wildman–Crippen LogP) is 2.57. The third-order valence-electron chi connectivity index (χ3n) is 2.30. The highest BCUT2D eigenvalue weighted by molar-refractivity contribution is 5.44. The van der Waals surface area contributed by atoms with Gasteiger partial charge in [0.25, 0.3) is 0 Å². The van der Waals surface area contributed by atoms with Crippen LogP contribution in [0.3, 0.4) is 0 Å². The van der Waals surface area contributed by atoms with Crippen LogP contribution in [-0.4, -0.2) is 30.7 Å². The third kappa shape index (κ3) is 5.38. The molecule has 4 nitrogen and oxygen atoms in total. The number of aromatic hydroxyl groups is 1. The number of hydrogen-bond acceptors (Lipinski definition) is 4. The molecular weight excluding hydrogens is 232 g/mol. The van der Waals surface area contributed by atoms with Gasteiger partial charge in [-0.25, -0.2) is 0 Å². The van der Waals surface area contributed by atoms with Crippen molar-refractivity contribution in [3.63, 3.8) is 0 Å². The van der Waals surface area contributed by atoms with Crippen molar-refractivity contribution < 1.29 is 19.7 Å². The van der Waals surface area contributed by atoms with E-state index in [1.165, 1.54) is 0 Å². The summed E-state index contributed by atoms with van der Waals surface area (Å²) in [7, 11) is 1.54. The molecule has 0 aliphatic rings. The fraction of sp³-hybridized carbons (Fsp3) is 0.571. The molecule has 1 aromatic rings. The predicted molar refractivity (Wildman–Crippen MR) is 71.9 cm³/mol. The van der Waals surface area contributed by atoms with Gasteiger partial charge in [0.15, 0.2) is 6.79 Å². The van der Waals surface area contributed by atoms with Crippen molar-refractivity contribution in [1.29, 1.82) is 0 Å². The lowest BCUT2D eigenvalue weighted by Gasteiger charge is -2.14. The van der Waals surface area contributed by atoms with E-state index in [0.29, 0.717) is 17.7 Å². The number of aliphatic hydroxyl groups is 1. The molecule has 0 radical (unpaired) electrons. The Kier molecular flexibility index (Phi) is 9.06. The van der Waals surface area contributed by atoms with Crippen molar-refractivity contribution in [2.45, 2.75) is 27.2 Å². The molecule has 0 aromatic heterocycles. The van der Waals surface area contributed by atoms with E-state index in [-0.39, 0.29) is 25.1 Å². The van der Waals surface area contributed by atoms with Crippen molar-refractivity contribution >= 4 is 0 Å². The monoisotopic (exact) mass is 256 g/mol. The summed E-state index contributed by atoms with van der Waals surface area (Å²) in [6.45, 7) is 6.13. The Morgan fingerprint density at radius 2 is 1.94 bits per heavy atom.